The van der Waals surface area contributed by atoms with E-state index in [1.165, 1.54) is 18.3 Å². The van der Waals surface area contributed by atoms with Crippen LogP contribution >= 0.6 is 0 Å². The quantitative estimate of drug-likeness (QED) is 0.532. The fourth-order valence-corrected chi connectivity index (χ4v) is 0.873. The van der Waals surface area contributed by atoms with Gasteiger partial charge < -0.3 is 9.47 Å². The standard InChI is InChI=1S/C7H11NO3/c1-7(2)8(4-5-11-7)6(9)10-3/h4-5H,1-3H3. The minimum absolute atomic E-state index is 0.413. The zero-order valence-electron chi connectivity index (χ0n) is 6.83. The summed E-state index contributed by atoms with van der Waals surface area (Å²) < 4.78 is 9.65. The first-order valence-corrected chi connectivity index (χ1v) is 3.30. The highest BCUT2D eigenvalue weighted by molar-refractivity contribution is 5.69. The van der Waals surface area contributed by atoms with E-state index in [0.717, 1.165) is 0 Å². The van der Waals surface area contributed by atoms with Gasteiger partial charge in [0.15, 0.2) is 5.72 Å². The van der Waals surface area contributed by atoms with Crippen molar-refractivity contribution in [2.24, 2.45) is 0 Å². The van der Waals surface area contributed by atoms with Crippen LogP contribution in [0.1, 0.15) is 13.8 Å². The van der Waals surface area contributed by atoms with Gasteiger partial charge in [-0.2, -0.15) is 0 Å². The fourth-order valence-electron chi connectivity index (χ4n) is 0.873. The third-order valence-corrected chi connectivity index (χ3v) is 1.52. The van der Waals surface area contributed by atoms with Crippen LogP contribution in [0.5, 0.6) is 0 Å². The van der Waals surface area contributed by atoms with Gasteiger partial charge in [0.2, 0.25) is 0 Å². The number of ether oxygens (including phenoxy) is 2. The molecule has 0 unspecified atom stereocenters. The molecule has 0 N–H and O–H groups in total. The average molecular weight is 157 g/mol. The molecule has 4 nitrogen and oxygen atoms in total. The highest BCUT2D eigenvalue weighted by atomic mass is 16.6. The van der Waals surface area contributed by atoms with Crippen molar-refractivity contribution in [3.05, 3.63) is 12.5 Å². The molecule has 4 heteroatoms. The Kier molecular flexibility index (Phi) is 1.76. The SMILES string of the molecule is COC(=O)N1C=COC1(C)C. The maximum absolute atomic E-state index is 11.0. The van der Waals surface area contributed by atoms with E-state index in [0.29, 0.717) is 0 Å². The van der Waals surface area contributed by atoms with Crippen LogP contribution in [0.4, 0.5) is 4.79 Å². The van der Waals surface area contributed by atoms with Gasteiger partial charge in [0.05, 0.1) is 7.11 Å². The van der Waals surface area contributed by atoms with Gasteiger partial charge in [0.1, 0.15) is 6.26 Å². The highest BCUT2D eigenvalue weighted by Gasteiger charge is 2.34. The van der Waals surface area contributed by atoms with Crippen LogP contribution in [0.15, 0.2) is 12.5 Å². The van der Waals surface area contributed by atoms with Gasteiger partial charge in [0.25, 0.3) is 0 Å². The zero-order valence-corrected chi connectivity index (χ0v) is 6.83. The molecular weight excluding hydrogens is 146 g/mol. The third kappa shape index (κ3) is 1.29. The molecule has 0 atom stereocenters. The molecule has 11 heavy (non-hydrogen) atoms. The van der Waals surface area contributed by atoms with Crippen LogP contribution in [-0.4, -0.2) is 23.8 Å². The van der Waals surface area contributed by atoms with E-state index in [9.17, 15) is 4.79 Å². The van der Waals surface area contributed by atoms with E-state index in [1.54, 1.807) is 20.0 Å². The Labute approximate surface area is 65.4 Å². The molecule has 0 aromatic heterocycles. The number of amides is 1. The van der Waals surface area contributed by atoms with E-state index in [1.807, 2.05) is 0 Å². The van der Waals surface area contributed by atoms with E-state index >= 15 is 0 Å². The van der Waals surface area contributed by atoms with Crippen LogP contribution in [-0.2, 0) is 9.47 Å². The normalized spacial score (nSPS) is 19.7. The Morgan fingerprint density at radius 1 is 1.64 bits per heavy atom. The number of carbonyl (C=O) groups is 1. The van der Waals surface area contributed by atoms with Crippen molar-refractivity contribution in [1.82, 2.24) is 4.90 Å². The average Bonchev–Trinajstić information content (AvgIpc) is 2.28. The lowest BCUT2D eigenvalue weighted by atomic mass is 10.3. The fraction of sp³-hybridized carbons (Fsp3) is 0.571. The van der Waals surface area contributed by atoms with Crippen molar-refractivity contribution in [1.29, 1.82) is 0 Å². The summed E-state index contributed by atoms with van der Waals surface area (Å²) in [7, 11) is 1.34. The molecule has 0 aromatic rings. The number of hydrogen-bond donors (Lipinski definition) is 0. The summed E-state index contributed by atoms with van der Waals surface area (Å²) in [4.78, 5) is 12.4. The molecule has 0 aliphatic carbocycles. The van der Waals surface area contributed by atoms with Gasteiger partial charge in [-0.1, -0.05) is 0 Å². The molecule has 1 aliphatic heterocycles. The maximum atomic E-state index is 11.0. The minimum Gasteiger partial charge on any atom is -0.474 e. The first-order chi connectivity index (χ1) is 5.08. The molecule has 62 valence electrons. The Morgan fingerprint density at radius 3 is 2.64 bits per heavy atom. The molecule has 1 heterocycles. The van der Waals surface area contributed by atoms with Crippen LogP contribution in [0.3, 0.4) is 0 Å². The van der Waals surface area contributed by atoms with Gasteiger partial charge in [-0.3, -0.25) is 0 Å². The highest BCUT2D eigenvalue weighted by Crippen LogP contribution is 2.23. The molecule has 1 rings (SSSR count). The number of rotatable bonds is 0. The van der Waals surface area contributed by atoms with Gasteiger partial charge >= 0.3 is 6.09 Å². The van der Waals surface area contributed by atoms with Gasteiger partial charge in [0, 0.05) is 6.20 Å². The summed E-state index contributed by atoms with van der Waals surface area (Å²) in [5, 5.41) is 0. The predicted molar refractivity (Wildman–Crippen MR) is 38.5 cm³/mol. The molecule has 1 aliphatic rings. The second kappa shape index (κ2) is 2.45. The first kappa shape index (κ1) is 7.91. The number of carbonyl (C=O) groups excluding carboxylic acids is 1. The topological polar surface area (TPSA) is 38.8 Å². The summed E-state index contributed by atoms with van der Waals surface area (Å²) >= 11 is 0. The monoisotopic (exact) mass is 157 g/mol. The lowest BCUT2D eigenvalue weighted by Crippen LogP contribution is -2.41. The zero-order chi connectivity index (χ0) is 8.48. The van der Waals surface area contributed by atoms with Crippen LogP contribution in [0, 0.1) is 0 Å². The summed E-state index contributed by atoms with van der Waals surface area (Å²) in [6.45, 7) is 3.56. The molecule has 0 radical (unpaired) electrons. The smallest absolute Gasteiger partial charge is 0.416 e. The first-order valence-electron chi connectivity index (χ1n) is 3.30. The lowest BCUT2D eigenvalue weighted by molar-refractivity contribution is -0.0235. The van der Waals surface area contributed by atoms with Crippen molar-refractivity contribution in [3.63, 3.8) is 0 Å². The van der Waals surface area contributed by atoms with Crippen molar-refractivity contribution in [3.8, 4) is 0 Å². The molecule has 1 amide bonds. The largest absolute Gasteiger partial charge is 0.474 e. The third-order valence-electron chi connectivity index (χ3n) is 1.52. The summed E-state index contributed by atoms with van der Waals surface area (Å²) in [6.07, 6.45) is 2.60. The van der Waals surface area contributed by atoms with E-state index in [4.69, 9.17) is 4.74 Å². The van der Waals surface area contributed by atoms with Crippen molar-refractivity contribution >= 4 is 6.09 Å². The van der Waals surface area contributed by atoms with Gasteiger partial charge in [-0.15, -0.1) is 0 Å². The predicted octanol–water partition coefficient (Wildman–Crippen LogP) is 1.29. The Hall–Kier alpha value is -1.19. The Balaban J connectivity index is 2.72. The molecule has 0 aromatic carbocycles. The van der Waals surface area contributed by atoms with Crippen LogP contribution in [0.25, 0.3) is 0 Å². The van der Waals surface area contributed by atoms with Gasteiger partial charge in [-0.05, 0) is 13.8 Å². The summed E-state index contributed by atoms with van der Waals surface area (Å²) in [5.41, 5.74) is -0.618. The second-order valence-electron chi connectivity index (χ2n) is 2.69. The van der Waals surface area contributed by atoms with E-state index in [2.05, 4.69) is 4.74 Å². The lowest BCUT2D eigenvalue weighted by Gasteiger charge is -2.27. The number of hydrogen-bond acceptors (Lipinski definition) is 3. The summed E-state index contributed by atoms with van der Waals surface area (Å²) in [5.74, 6) is 0. The van der Waals surface area contributed by atoms with Gasteiger partial charge in [-0.25, -0.2) is 9.69 Å². The molecule has 0 spiro atoms. The van der Waals surface area contributed by atoms with Crippen LogP contribution in [0.2, 0.25) is 0 Å². The van der Waals surface area contributed by atoms with Crippen LogP contribution < -0.4 is 0 Å². The van der Waals surface area contributed by atoms with Crippen molar-refractivity contribution in [2.45, 2.75) is 19.6 Å². The molecule has 0 saturated heterocycles. The number of methoxy groups -OCH3 is 1. The second-order valence-corrected chi connectivity index (χ2v) is 2.69. The van der Waals surface area contributed by atoms with E-state index < -0.39 is 11.8 Å². The Morgan fingerprint density at radius 2 is 2.27 bits per heavy atom. The maximum Gasteiger partial charge on any atom is 0.416 e. The minimum atomic E-state index is -0.618. The molecular formula is C7H11NO3. The molecule has 0 fully saturated rings. The van der Waals surface area contributed by atoms with E-state index in [-0.39, 0.29) is 0 Å². The number of nitrogens with zero attached hydrogens (tertiary/aromatic N) is 1. The van der Waals surface area contributed by atoms with Crippen molar-refractivity contribution < 1.29 is 14.3 Å². The summed E-state index contributed by atoms with van der Waals surface area (Å²) in [6, 6.07) is 0. The Bertz CT molecular complexity index is 198. The molecule has 0 saturated carbocycles. The van der Waals surface area contributed by atoms with Crippen molar-refractivity contribution in [2.75, 3.05) is 7.11 Å². The molecule has 0 bridgehead atoms.